The number of hydrogen-bond acceptors (Lipinski definition) is 4. The van der Waals surface area contributed by atoms with Crippen LogP contribution in [0.2, 0.25) is 0 Å². The van der Waals surface area contributed by atoms with Gasteiger partial charge in [-0.15, -0.1) is 0 Å². The molecular weight excluding hydrogens is 260 g/mol. The van der Waals surface area contributed by atoms with Gasteiger partial charge in [0.1, 0.15) is 6.04 Å². The summed E-state index contributed by atoms with van der Waals surface area (Å²) in [6, 6.07) is -1.98. The van der Waals surface area contributed by atoms with Gasteiger partial charge in [-0.1, -0.05) is 6.92 Å². The molecule has 8 heteroatoms. The number of aliphatic carboxylic acids is 1. The van der Waals surface area contributed by atoms with E-state index in [2.05, 4.69) is 4.72 Å². The highest BCUT2D eigenvalue weighted by molar-refractivity contribution is 7.89. The fraction of sp³-hybridized carbons (Fsp3) is 0.800. The highest BCUT2D eigenvalue weighted by Gasteiger charge is 2.27. The lowest BCUT2D eigenvalue weighted by atomic mass is 10.2. The van der Waals surface area contributed by atoms with E-state index in [0.29, 0.717) is 6.42 Å². The first-order chi connectivity index (χ1) is 8.12. The molecule has 2 N–H and O–H groups in total. The van der Waals surface area contributed by atoms with Gasteiger partial charge >= 0.3 is 5.97 Å². The van der Waals surface area contributed by atoms with Gasteiger partial charge in [-0.25, -0.2) is 17.9 Å². The largest absolute Gasteiger partial charge is 0.480 e. The Kier molecular flexibility index (Phi) is 6.27. The maximum atomic E-state index is 11.8. The summed E-state index contributed by atoms with van der Waals surface area (Å²) < 4.78 is 25.2. The van der Waals surface area contributed by atoms with E-state index in [1.807, 2.05) is 0 Å². The van der Waals surface area contributed by atoms with Crippen LogP contribution in [-0.2, 0) is 19.6 Å². The minimum atomic E-state index is -3.50. The van der Waals surface area contributed by atoms with Crippen LogP contribution in [0.3, 0.4) is 0 Å². The molecule has 1 amide bonds. The molecule has 106 valence electrons. The molecule has 0 saturated heterocycles. The van der Waals surface area contributed by atoms with E-state index < -0.39 is 34.0 Å². The first kappa shape index (κ1) is 16.9. The van der Waals surface area contributed by atoms with Crippen molar-refractivity contribution in [3.05, 3.63) is 0 Å². The highest BCUT2D eigenvalue weighted by atomic mass is 32.2. The smallest absolute Gasteiger partial charge is 0.326 e. The number of nitrogens with zero attached hydrogens (tertiary/aromatic N) is 1. The second-order valence-corrected chi connectivity index (χ2v) is 6.00. The zero-order valence-electron chi connectivity index (χ0n) is 11.0. The Balaban J connectivity index is 4.66. The van der Waals surface area contributed by atoms with Gasteiger partial charge in [-0.2, -0.15) is 0 Å². The summed E-state index contributed by atoms with van der Waals surface area (Å²) in [5, 5.41) is 8.77. The Hall–Kier alpha value is -1.15. The van der Waals surface area contributed by atoms with Crippen LogP contribution in [0.15, 0.2) is 0 Å². The molecule has 2 atom stereocenters. The molecule has 0 aliphatic carbocycles. The number of carbonyl (C=O) groups is 2. The maximum absolute atomic E-state index is 11.8. The molecule has 2 unspecified atom stereocenters. The van der Waals surface area contributed by atoms with E-state index in [1.54, 1.807) is 6.92 Å². The van der Waals surface area contributed by atoms with Crippen molar-refractivity contribution in [2.45, 2.75) is 39.3 Å². The molecule has 0 fully saturated rings. The van der Waals surface area contributed by atoms with Gasteiger partial charge in [0.2, 0.25) is 15.9 Å². The molecule has 0 aliphatic rings. The molecule has 0 bridgehead atoms. The Bertz CT molecular complexity index is 406. The molecular formula is C10H20N2O5S. The summed E-state index contributed by atoms with van der Waals surface area (Å²) in [5.74, 6) is -1.79. The summed E-state index contributed by atoms with van der Waals surface area (Å²) >= 11 is 0. The molecule has 0 aromatic rings. The van der Waals surface area contributed by atoms with Gasteiger partial charge in [-0.3, -0.25) is 4.79 Å². The number of rotatable bonds is 7. The number of carboxylic acid groups (broad SMARTS) is 1. The monoisotopic (exact) mass is 280 g/mol. The second-order valence-electron chi connectivity index (χ2n) is 4.12. The lowest BCUT2D eigenvalue weighted by Crippen LogP contribution is -2.50. The van der Waals surface area contributed by atoms with Crippen molar-refractivity contribution in [2.24, 2.45) is 0 Å². The average Bonchev–Trinajstić information content (AvgIpc) is 2.24. The van der Waals surface area contributed by atoms with Gasteiger partial charge in [-0.05, 0) is 20.3 Å². The third-order valence-electron chi connectivity index (χ3n) is 2.49. The van der Waals surface area contributed by atoms with E-state index >= 15 is 0 Å². The van der Waals surface area contributed by atoms with Crippen molar-refractivity contribution in [1.82, 2.24) is 9.62 Å². The molecule has 0 rings (SSSR count). The molecule has 0 aromatic carbocycles. The minimum Gasteiger partial charge on any atom is -0.480 e. The number of sulfonamides is 1. The van der Waals surface area contributed by atoms with E-state index in [9.17, 15) is 18.0 Å². The molecule has 0 aromatic heterocycles. The number of hydrogen-bond donors (Lipinski definition) is 2. The molecule has 0 heterocycles. The van der Waals surface area contributed by atoms with Gasteiger partial charge in [0.05, 0.1) is 11.8 Å². The van der Waals surface area contributed by atoms with Crippen LogP contribution < -0.4 is 4.72 Å². The Morgan fingerprint density at radius 3 is 2.22 bits per heavy atom. The van der Waals surface area contributed by atoms with Crippen molar-refractivity contribution in [3.8, 4) is 0 Å². The predicted molar refractivity (Wildman–Crippen MR) is 66.5 cm³/mol. The summed E-state index contributed by atoms with van der Waals surface area (Å²) in [6.45, 7) is 4.46. The third-order valence-corrected chi connectivity index (χ3v) is 4.14. The van der Waals surface area contributed by atoms with Crippen LogP contribution in [0.1, 0.15) is 27.2 Å². The first-order valence-electron chi connectivity index (χ1n) is 5.61. The normalized spacial score (nSPS) is 14.9. The van der Waals surface area contributed by atoms with Crippen molar-refractivity contribution in [2.75, 3.05) is 12.8 Å². The van der Waals surface area contributed by atoms with Crippen LogP contribution in [0.5, 0.6) is 0 Å². The number of likely N-dealkylation sites (N-methyl/N-ethyl adjacent to an activating group) is 1. The lowest BCUT2D eigenvalue weighted by Gasteiger charge is -2.25. The number of carboxylic acids is 1. The van der Waals surface area contributed by atoms with Crippen LogP contribution in [0, 0.1) is 0 Å². The van der Waals surface area contributed by atoms with Gasteiger partial charge in [0, 0.05) is 7.05 Å². The summed E-state index contributed by atoms with van der Waals surface area (Å²) in [6.07, 6.45) is 0.442. The van der Waals surface area contributed by atoms with E-state index in [-0.39, 0.29) is 5.75 Å². The average molecular weight is 280 g/mol. The number of nitrogens with one attached hydrogen (secondary N) is 1. The number of amides is 1. The molecule has 0 saturated carbocycles. The topological polar surface area (TPSA) is 104 Å². The third kappa shape index (κ3) is 5.01. The second kappa shape index (κ2) is 6.69. The zero-order valence-corrected chi connectivity index (χ0v) is 11.8. The highest BCUT2D eigenvalue weighted by Crippen LogP contribution is 2.01. The number of carbonyl (C=O) groups excluding carboxylic acids is 1. The van der Waals surface area contributed by atoms with Crippen LogP contribution in [0.25, 0.3) is 0 Å². The van der Waals surface area contributed by atoms with Crippen molar-refractivity contribution < 1.29 is 23.1 Å². The fourth-order valence-electron chi connectivity index (χ4n) is 1.31. The molecule has 0 aliphatic heterocycles. The lowest BCUT2D eigenvalue weighted by molar-refractivity contribution is -0.148. The molecule has 18 heavy (non-hydrogen) atoms. The standard InChI is InChI=1S/C10H20N2O5S/c1-5-6-18(16,17)11-7(2)9(13)12(4)8(3)10(14)15/h7-8,11H,5-6H2,1-4H3,(H,14,15). The van der Waals surface area contributed by atoms with Gasteiger partial charge < -0.3 is 10.0 Å². The molecule has 7 nitrogen and oxygen atoms in total. The molecule has 0 spiro atoms. The maximum Gasteiger partial charge on any atom is 0.326 e. The quantitative estimate of drug-likeness (QED) is 0.662. The van der Waals surface area contributed by atoms with Gasteiger partial charge in [0.25, 0.3) is 0 Å². The predicted octanol–water partition coefficient (Wildman–Crippen LogP) is -0.364. The van der Waals surface area contributed by atoms with Crippen LogP contribution >= 0.6 is 0 Å². The van der Waals surface area contributed by atoms with Crippen LogP contribution in [-0.4, -0.2) is 55.2 Å². The first-order valence-corrected chi connectivity index (χ1v) is 7.27. The van der Waals surface area contributed by atoms with Gasteiger partial charge in [0.15, 0.2) is 0 Å². The summed E-state index contributed by atoms with van der Waals surface area (Å²) in [5.41, 5.74) is 0. The van der Waals surface area contributed by atoms with E-state index in [4.69, 9.17) is 5.11 Å². The zero-order chi connectivity index (χ0) is 14.5. The Morgan fingerprint density at radius 1 is 1.33 bits per heavy atom. The molecule has 0 radical (unpaired) electrons. The van der Waals surface area contributed by atoms with Crippen molar-refractivity contribution in [1.29, 1.82) is 0 Å². The SMILES string of the molecule is CCCS(=O)(=O)NC(C)C(=O)N(C)C(C)C(=O)O. The van der Waals surface area contributed by atoms with Crippen molar-refractivity contribution >= 4 is 21.9 Å². The van der Waals surface area contributed by atoms with Crippen molar-refractivity contribution in [3.63, 3.8) is 0 Å². The Labute approximate surface area is 107 Å². The summed E-state index contributed by atoms with van der Waals surface area (Å²) in [7, 11) is -2.18. The van der Waals surface area contributed by atoms with E-state index in [1.165, 1.54) is 20.9 Å². The van der Waals surface area contributed by atoms with Crippen LogP contribution in [0.4, 0.5) is 0 Å². The fourth-order valence-corrected chi connectivity index (χ4v) is 2.60. The van der Waals surface area contributed by atoms with E-state index in [0.717, 1.165) is 4.90 Å². The summed E-state index contributed by atoms with van der Waals surface area (Å²) in [4.78, 5) is 23.5. The minimum absolute atomic E-state index is 0.0666. The Morgan fingerprint density at radius 2 is 1.83 bits per heavy atom.